The number of nitrogens with zero attached hydrogens (tertiary/aromatic N) is 1. The summed E-state index contributed by atoms with van der Waals surface area (Å²) < 4.78 is 0. The van der Waals surface area contributed by atoms with Crippen molar-refractivity contribution in [3.05, 3.63) is 0 Å². The molecule has 0 aliphatic heterocycles. The Labute approximate surface area is 112 Å². The standard InChI is InChI=1S/C10H18N4OS2/c1-3-12-10(16)14-8(7-17-2)9(15)13-6-4-5-11/h8H,3-4,6-7H2,1-2H3,(H,13,15)(H2,12,14,16). The molecule has 0 heterocycles. The van der Waals surface area contributed by atoms with Gasteiger partial charge in [-0.25, -0.2) is 0 Å². The summed E-state index contributed by atoms with van der Waals surface area (Å²) in [4.78, 5) is 11.8. The van der Waals surface area contributed by atoms with Crippen molar-refractivity contribution in [1.29, 1.82) is 5.26 Å². The number of nitriles is 1. The molecule has 0 aliphatic rings. The van der Waals surface area contributed by atoms with Gasteiger partial charge in [-0.2, -0.15) is 17.0 Å². The maximum Gasteiger partial charge on any atom is 0.243 e. The lowest BCUT2D eigenvalue weighted by Gasteiger charge is -2.19. The van der Waals surface area contributed by atoms with Gasteiger partial charge in [-0.3, -0.25) is 4.79 Å². The van der Waals surface area contributed by atoms with Gasteiger partial charge in [0.25, 0.3) is 0 Å². The number of thiocarbonyl (C=S) groups is 1. The van der Waals surface area contributed by atoms with Gasteiger partial charge in [0.2, 0.25) is 5.91 Å². The SMILES string of the molecule is CCNC(=S)NC(CSC)C(=O)NCCC#N. The van der Waals surface area contributed by atoms with Crippen LogP contribution in [0.5, 0.6) is 0 Å². The quantitative estimate of drug-likeness (QED) is 0.456. The van der Waals surface area contributed by atoms with E-state index in [1.165, 1.54) is 0 Å². The van der Waals surface area contributed by atoms with Crippen molar-refractivity contribution >= 4 is 35.0 Å². The normalized spacial score (nSPS) is 11.1. The molecule has 7 heteroatoms. The van der Waals surface area contributed by atoms with Gasteiger partial charge >= 0.3 is 0 Å². The summed E-state index contributed by atoms with van der Waals surface area (Å²) in [5, 5.41) is 17.4. The second-order valence-corrected chi connectivity index (χ2v) is 4.53. The van der Waals surface area contributed by atoms with Gasteiger partial charge in [-0.05, 0) is 25.4 Å². The van der Waals surface area contributed by atoms with Crippen LogP contribution >= 0.6 is 24.0 Å². The number of carbonyl (C=O) groups is 1. The third-order valence-electron chi connectivity index (χ3n) is 1.83. The zero-order valence-corrected chi connectivity index (χ0v) is 11.7. The van der Waals surface area contributed by atoms with Crippen LogP contribution in [0.4, 0.5) is 0 Å². The van der Waals surface area contributed by atoms with E-state index in [0.717, 1.165) is 0 Å². The molecule has 0 aromatic carbocycles. The molecule has 1 amide bonds. The predicted octanol–water partition coefficient (Wildman–Crippen LogP) is 0.232. The van der Waals surface area contributed by atoms with Crippen LogP contribution in [0.15, 0.2) is 0 Å². The average Bonchev–Trinajstić information content (AvgIpc) is 2.29. The van der Waals surface area contributed by atoms with E-state index in [-0.39, 0.29) is 11.9 Å². The van der Waals surface area contributed by atoms with Gasteiger partial charge in [0.15, 0.2) is 5.11 Å². The largest absolute Gasteiger partial charge is 0.363 e. The van der Waals surface area contributed by atoms with Crippen molar-refractivity contribution in [2.24, 2.45) is 0 Å². The van der Waals surface area contributed by atoms with E-state index in [1.807, 2.05) is 19.2 Å². The molecule has 3 N–H and O–H groups in total. The lowest BCUT2D eigenvalue weighted by atomic mass is 10.3. The Morgan fingerprint density at radius 3 is 2.76 bits per heavy atom. The number of hydrogen-bond donors (Lipinski definition) is 3. The van der Waals surface area contributed by atoms with E-state index in [4.69, 9.17) is 17.5 Å². The van der Waals surface area contributed by atoms with E-state index >= 15 is 0 Å². The summed E-state index contributed by atoms with van der Waals surface area (Å²) in [7, 11) is 0. The van der Waals surface area contributed by atoms with Gasteiger partial charge in [0.1, 0.15) is 6.04 Å². The molecule has 0 spiro atoms. The van der Waals surface area contributed by atoms with Crippen LogP contribution in [0.1, 0.15) is 13.3 Å². The van der Waals surface area contributed by atoms with Gasteiger partial charge in [-0.1, -0.05) is 0 Å². The molecule has 96 valence electrons. The van der Waals surface area contributed by atoms with Crippen LogP contribution in [0.3, 0.4) is 0 Å². The minimum absolute atomic E-state index is 0.130. The van der Waals surface area contributed by atoms with Gasteiger partial charge in [-0.15, -0.1) is 0 Å². The molecule has 0 aromatic heterocycles. The zero-order chi connectivity index (χ0) is 13.1. The smallest absolute Gasteiger partial charge is 0.243 e. The van der Waals surface area contributed by atoms with Crippen molar-refractivity contribution in [2.45, 2.75) is 19.4 Å². The minimum atomic E-state index is -0.366. The molecule has 5 nitrogen and oxygen atoms in total. The maximum atomic E-state index is 11.8. The highest BCUT2D eigenvalue weighted by Crippen LogP contribution is 1.97. The molecule has 0 bridgehead atoms. The van der Waals surface area contributed by atoms with Crippen LogP contribution in [0, 0.1) is 11.3 Å². The number of rotatable bonds is 7. The van der Waals surface area contributed by atoms with E-state index in [0.29, 0.717) is 30.4 Å². The first kappa shape index (κ1) is 16.0. The van der Waals surface area contributed by atoms with Crippen molar-refractivity contribution < 1.29 is 4.79 Å². The molecule has 0 rings (SSSR count). The monoisotopic (exact) mass is 274 g/mol. The van der Waals surface area contributed by atoms with Gasteiger partial charge in [0, 0.05) is 18.8 Å². The van der Waals surface area contributed by atoms with Gasteiger partial charge in [0.05, 0.1) is 12.5 Å². The predicted molar refractivity (Wildman–Crippen MR) is 74.8 cm³/mol. The Hall–Kier alpha value is -1.00. The first-order valence-electron chi connectivity index (χ1n) is 5.33. The van der Waals surface area contributed by atoms with Crippen LogP contribution in [0.2, 0.25) is 0 Å². The van der Waals surface area contributed by atoms with Crippen LogP contribution in [-0.4, -0.2) is 42.2 Å². The Bertz CT molecular complexity index is 291. The van der Waals surface area contributed by atoms with E-state index < -0.39 is 0 Å². The molecule has 0 aromatic rings. The molecule has 0 saturated carbocycles. The number of hydrogen-bond acceptors (Lipinski definition) is 4. The Morgan fingerprint density at radius 1 is 1.53 bits per heavy atom. The minimum Gasteiger partial charge on any atom is -0.363 e. The third kappa shape index (κ3) is 7.82. The van der Waals surface area contributed by atoms with E-state index in [1.54, 1.807) is 11.8 Å². The lowest BCUT2D eigenvalue weighted by molar-refractivity contribution is -0.122. The topological polar surface area (TPSA) is 76.9 Å². The fraction of sp³-hybridized carbons (Fsp3) is 0.700. The first-order chi connectivity index (χ1) is 8.15. The van der Waals surface area contributed by atoms with Crippen LogP contribution in [0.25, 0.3) is 0 Å². The highest BCUT2D eigenvalue weighted by atomic mass is 32.2. The van der Waals surface area contributed by atoms with Crippen molar-refractivity contribution in [2.75, 3.05) is 25.1 Å². The number of nitrogens with one attached hydrogen (secondary N) is 3. The summed E-state index contributed by atoms with van der Waals surface area (Å²) >= 11 is 6.60. The van der Waals surface area contributed by atoms with Crippen LogP contribution in [-0.2, 0) is 4.79 Å². The summed E-state index contributed by atoms with van der Waals surface area (Å²) in [6, 6.07) is 1.61. The highest BCUT2D eigenvalue weighted by molar-refractivity contribution is 7.98. The fourth-order valence-corrected chi connectivity index (χ4v) is 1.94. The summed E-state index contributed by atoms with van der Waals surface area (Å²) in [6.07, 6.45) is 2.24. The molecule has 0 saturated heterocycles. The fourth-order valence-electron chi connectivity index (χ4n) is 1.08. The molecule has 0 radical (unpaired) electrons. The molecule has 1 atom stereocenters. The number of thioether (sulfide) groups is 1. The molecule has 0 fully saturated rings. The third-order valence-corrected chi connectivity index (χ3v) is 2.76. The molecule has 1 unspecified atom stereocenters. The molecular weight excluding hydrogens is 256 g/mol. The zero-order valence-electron chi connectivity index (χ0n) is 10.1. The average molecular weight is 274 g/mol. The van der Waals surface area contributed by atoms with Crippen molar-refractivity contribution in [1.82, 2.24) is 16.0 Å². The highest BCUT2D eigenvalue weighted by Gasteiger charge is 2.17. The molecular formula is C10H18N4OS2. The summed E-state index contributed by atoms with van der Waals surface area (Å²) in [5.74, 6) is 0.499. The second kappa shape index (κ2) is 10.2. The first-order valence-corrected chi connectivity index (χ1v) is 7.13. The van der Waals surface area contributed by atoms with Gasteiger partial charge < -0.3 is 16.0 Å². The Balaban J connectivity index is 4.16. The number of amides is 1. The van der Waals surface area contributed by atoms with Crippen molar-refractivity contribution in [3.8, 4) is 6.07 Å². The van der Waals surface area contributed by atoms with E-state index in [2.05, 4.69) is 16.0 Å². The maximum absolute atomic E-state index is 11.8. The number of carbonyl (C=O) groups excluding carboxylic acids is 1. The lowest BCUT2D eigenvalue weighted by Crippen LogP contribution is -2.51. The van der Waals surface area contributed by atoms with E-state index in [9.17, 15) is 4.79 Å². The molecule has 0 aliphatic carbocycles. The summed E-state index contributed by atoms with van der Waals surface area (Å²) in [6.45, 7) is 3.02. The Kier molecular flexibility index (Phi) is 9.57. The Morgan fingerprint density at radius 2 is 2.24 bits per heavy atom. The van der Waals surface area contributed by atoms with Crippen LogP contribution < -0.4 is 16.0 Å². The van der Waals surface area contributed by atoms with Crippen molar-refractivity contribution in [3.63, 3.8) is 0 Å². The summed E-state index contributed by atoms with van der Waals surface area (Å²) in [5.41, 5.74) is 0. The second-order valence-electron chi connectivity index (χ2n) is 3.21. The molecule has 17 heavy (non-hydrogen) atoms.